The largest absolute Gasteiger partial charge is 0.382 e. The van der Waals surface area contributed by atoms with E-state index in [2.05, 4.69) is 57.3 Å². The fourth-order valence-electron chi connectivity index (χ4n) is 2.53. The monoisotopic (exact) mass is 293 g/mol. The smallest absolute Gasteiger partial charge is 0.0784 e. The van der Waals surface area contributed by atoms with Crippen molar-refractivity contribution in [3.63, 3.8) is 0 Å². The fraction of sp³-hybridized carbons (Fsp3) is 0.667. The van der Waals surface area contributed by atoms with Crippen LogP contribution in [-0.4, -0.2) is 32.5 Å². The van der Waals surface area contributed by atoms with Crippen LogP contribution in [0.3, 0.4) is 0 Å². The number of methoxy groups -OCH3 is 1. The van der Waals surface area contributed by atoms with Gasteiger partial charge in [-0.25, -0.2) is 0 Å². The molecule has 3 unspecified atom stereocenters. The van der Waals surface area contributed by atoms with Crippen LogP contribution in [0.25, 0.3) is 0 Å². The van der Waals surface area contributed by atoms with E-state index in [0.29, 0.717) is 6.61 Å². The Morgan fingerprint density at radius 1 is 1.10 bits per heavy atom. The van der Waals surface area contributed by atoms with Gasteiger partial charge in [-0.3, -0.25) is 0 Å². The van der Waals surface area contributed by atoms with Crippen LogP contribution in [0.5, 0.6) is 0 Å². The minimum Gasteiger partial charge on any atom is -0.382 e. The summed E-state index contributed by atoms with van der Waals surface area (Å²) in [6.45, 7) is 10.2. The molecule has 120 valence electrons. The highest BCUT2D eigenvalue weighted by Crippen LogP contribution is 2.21. The number of ether oxygens (including phenoxy) is 2. The Morgan fingerprint density at radius 3 is 2.29 bits per heavy atom. The summed E-state index contributed by atoms with van der Waals surface area (Å²) >= 11 is 0. The molecule has 0 aromatic heterocycles. The van der Waals surface area contributed by atoms with Gasteiger partial charge in [0, 0.05) is 7.11 Å². The van der Waals surface area contributed by atoms with Crippen molar-refractivity contribution in [3.05, 3.63) is 35.4 Å². The summed E-state index contributed by atoms with van der Waals surface area (Å²) in [4.78, 5) is 0. The molecule has 0 aliphatic heterocycles. The molecule has 3 heteroatoms. The van der Waals surface area contributed by atoms with Gasteiger partial charge in [0.05, 0.1) is 24.9 Å². The molecule has 1 N–H and O–H groups in total. The van der Waals surface area contributed by atoms with E-state index in [1.807, 2.05) is 0 Å². The van der Waals surface area contributed by atoms with E-state index in [1.54, 1.807) is 7.11 Å². The van der Waals surface area contributed by atoms with Crippen molar-refractivity contribution in [2.24, 2.45) is 0 Å². The zero-order valence-corrected chi connectivity index (χ0v) is 14.2. The maximum Gasteiger partial charge on any atom is 0.0784 e. The van der Waals surface area contributed by atoms with E-state index in [9.17, 15) is 0 Å². The molecule has 0 aliphatic carbocycles. The number of nitrogens with one attached hydrogen (secondary N) is 1. The molecule has 0 amide bonds. The molecule has 0 saturated heterocycles. The van der Waals surface area contributed by atoms with Gasteiger partial charge in [-0.2, -0.15) is 0 Å². The summed E-state index contributed by atoms with van der Waals surface area (Å²) in [7, 11) is 1.71. The normalized spacial score (nSPS) is 15.7. The Hall–Kier alpha value is -0.900. The number of aryl methyl sites for hydroxylation is 1. The number of rotatable bonds is 10. The van der Waals surface area contributed by atoms with Gasteiger partial charge in [-0.05, 0) is 44.4 Å². The minimum atomic E-state index is 0.103. The predicted molar refractivity (Wildman–Crippen MR) is 88.7 cm³/mol. The van der Waals surface area contributed by atoms with E-state index < -0.39 is 0 Å². The third-order valence-electron chi connectivity index (χ3n) is 3.68. The molecule has 0 aliphatic rings. The molecular formula is C18H31NO2. The van der Waals surface area contributed by atoms with Crippen LogP contribution in [-0.2, 0) is 15.9 Å². The van der Waals surface area contributed by atoms with Crippen LogP contribution in [0.2, 0.25) is 0 Å². The van der Waals surface area contributed by atoms with E-state index in [-0.39, 0.29) is 18.2 Å². The summed E-state index contributed by atoms with van der Waals surface area (Å²) in [5.41, 5.74) is 2.66. The molecule has 3 atom stereocenters. The molecule has 1 aromatic carbocycles. The van der Waals surface area contributed by atoms with E-state index >= 15 is 0 Å². The molecule has 0 spiro atoms. The Morgan fingerprint density at radius 2 is 1.76 bits per heavy atom. The quantitative estimate of drug-likeness (QED) is 0.713. The molecule has 0 fully saturated rings. The van der Waals surface area contributed by atoms with Crippen molar-refractivity contribution < 1.29 is 9.47 Å². The van der Waals surface area contributed by atoms with Crippen molar-refractivity contribution in [1.82, 2.24) is 5.32 Å². The molecule has 1 aromatic rings. The first-order valence-electron chi connectivity index (χ1n) is 8.08. The summed E-state index contributed by atoms with van der Waals surface area (Å²) in [5, 5.41) is 3.60. The van der Waals surface area contributed by atoms with Crippen molar-refractivity contribution in [1.29, 1.82) is 0 Å². The summed E-state index contributed by atoms with van der Waals surface area (Å²) < 4.78 is 11.2. The van der Waals surface area contributed by atoms with Crippen molar-refractivity contribution in [2.45, 2.75) is 58.8 Å². The third kappa shape index (κ3) is 6.16. The van der Waals surface area contributed by atoms with Crippen LogP contribution in [0.15, 0.2) is 24.3 Å². The molecule has 3 nitrogen and oxygen atoms in total. The molecule has 1 rings (SSSR count). The average Bonchev–Trinajstić information content (AvgIpc) is 2.48. The lowest BCUT2D eigenvalue weighted by molar-refractivity contribution is -0.0457. The zero-order chi connectivity index (χ0) is 15.7. The molecule has 21 heavy (non-hydrogen) atoms. The highest BCUT2D eigenvalue weighted by Gasteiger charge is 2.21. The predicted octanol–water partition coefficient (Wildman–Crippen LogP) is 3.73. The van der Waals surface area contributed by atoms with Crippen LogP contribution >= 0.6 is 0 Å². The zero-order valence-electron chi connectivity index (χ0n) is 14.2. The highest BCUT2D eigenvalue weighted by atomic mass is 16.5. The fourth-order valence-corrected chi connectivity index (χ4v) is 2.53. The first-order valence-corrected chi connectivity index (χ1v) is 8.08. The maximum absolute atomic E-state index is 6.07. The molecule has 0 heterocycles. The van der Waals surface area contributed by atoms with Gasteiger partial charge < -0.3 is 14.8 Å². The third-order valence-corrected chi connectivity index (χ3v) is 3.68. The van der Waals surface area contributed by atoms with E-state index in [4.69, 9.17) is 9.47 Å². The number of benzene rings is 1. The summed E-state index contributed by atoms with van der Waals surface area (Å²) in [6.07, 6.45) is 2.40. The topological polar surface area (TPSA) is 30.5 Å². The van der Waals surface area contributed by atoms with Crippen LogP contribution in [0, 0.1) is 0 Å². The van der Waals surface area contributed by atoms with Gasteiger partial charge in [0.25, 0.3) is 0 Å². The number of hydrogen-bond acceptors (Lipinski definition) is 3. The lowest BCUT2D eigenvalue weighted by atomic mass is 10.00. The molecule has 0 saturated carbocycles. The van der Waals surface area contributed by atoms with Crippen LogP contribution < -0.4 is 5.32 Å². The van der Waals surface area contributed by atoms with Crippen molar-refractivity contribution >= 4 is 0 Å². The standard InChI is InChI=1S/C18H31NO2/c1-6-12-19-18(15(4)21-14(3)13-20-5)17-10-8-16(7-2)9-11-17/h8-11,14-15,18-19H,6-7,12-13H2,1-5H3. The highest BCUT2D eigenvalue weighted by molar-refractivity contribution is 5.25. The molecule has 0 bridgehead atoms. The van der Waals surface area contributed by atoms with Crippen molar-refractivity contribution in [3.8, 4) is 0 Å². The van der Waals surface area contributed by atoms with Gasteiger partial charge in [0.1, 0.15) is 0 Å². The number of hydrogen-bond donors (Lipinski definition) is 1. The molecular weight excluding hydrogens is 262 g/mol. The maximum atomic E-state index is 6.07. The SMILES string of the molecule is CCCNC(c1ccc(CC)cc1)C(C)OC(C)COC. The second kappa shape index (κ2) is 9.93. The summed E-state index contributed by atoms with van der Waals surface area (Å²) in [6, 6.07) is 9.07. The second-order valence-corrected chi connectivity index (χ2v) is 5.63. The van der Waals surface area contributed by atoms with Crippen LogP contribution in [0.1, 0.15) is 51.3 Å². The van der Waals surface area contributed by atoms with E-state index in [0.717, 1.165) is 19.4 Å². The van der Waals surface area contributed by atoms with Gasteiger partial charge in [-0.1, -0.05) is 38.1 Å². The van der Waals surface area contributed by atoms with E-state index in [1.165, 1.54) is 11.1 Å². The van der Waals surface area contributed by atoms with Gasteiger partial charge in [0.15, 0.2) is 0 Å². The van der Waals surface area contributed by atoms with Gasteiger partial charge >= 0.3 is 0 Å². The second-order valence-electron chi connectivity index (χ2n) is 5.63. The Labute approximate surface area is 130 Å². The van der Waals surface area contributed by atoms with Gasteiger partial charge in [-0.15, -0.1) is 0 Å². The van der Waals surface area contributed by atoms with Crippen molar-refractivity contribution in [2.75, 3.05) is 20.3 Å². The summed E-state index contributed by atoms with van der Waals surface area (Å²) in [5.74, 6) is 0. The first-order chi connectivity index (χ1) is 10.1. The Bertz CT molecular complexity index is 377. The Balaban J connectivity index is 2.77. The Kier molecular flexibility index (Phi) is 8.58. The minimum absolute atomic E-state index is 0.103. The molecule has 0 radical (unpaired) electrons. The average molecular weight is 293 g/mol. The lowest BCUT2D eigenvalue weighted by Gasteiger charge is -2.28. The van der Waals surface area contributed by atoms with Crippen LogP contribution in [0.4, 0.5) is 0 Å². The first kappa shape index (κ1) is 18.1. The lowest BCUT2D eigenvalue weighted by Crippen LogP contribution is -2.35. The van der Waals surface area contributed by atoms with Gasteiger partial charge in [0.2, 0.25) is 0 Å².